The van der Waals surface area contributed by atoms with Gasteiger partial charge in [0.25, 0.3) is 0 Å². The van der Waals surface area contributed by atoms with Gasteiger partial charge in [-0.05, 0) is 44.1 Å². The summed E-state index contributed by atoms with van der Waals surface area (Å²) in [6, 6.07) is 2.90. The second-order valence-corrected chi connectivity index (χ2v) is 6.41. The predicted molar refractivity (Wildman–Crippen MR) is 77.6 cm³/mol. The maximum atomic E-state index is 6.16. The Balaban J connectivity index is 2.38. The summed E-state index contributed by atoms with van der Waals surface area (Å²) < 4.78 is 2.07. The zero-order chi connectivity index (χ0) is 13.8. The minimum Gasteiger partial charge on any atom is -0.327 e. The Morgan fingerprint density at radius 3 is 2.61 bits per heavy atom. The minimum absolute atomic E-state index is 0.204. The van der Waals surface area contributed by atoms with Gasteiger partial charge in [0.15, 0.2) is 0 Å². The molecule has 3 nitrogen and oxygen atoms in total. The van der Waals surface area contributed by atoms with E-state index < -0.39 is 0 Å². The second kappa shape index (κ2) is 6.37. The lowest BCUT2D eigenvalue weighted by molar-refractivity contribution is 0.301. The number of hydrogen-bond acceptors (Lipinski definition) is 2. The van der Waals surface area contributed by atoms with Gasteiger partial charge in [-0.25, -0.2) is 0 Å². The van der Waals surface area contributed by atoms with Gasteiger partial charge in [-0.3, -0.25) is 4.68 Å². The van der Waals surface area contributed by atoms with Crippen molar-refractivity contribution in [3.63, 3.8) is 0 Å². The Morgan fingerprint density at radius 2 is 2.06 bits per heavy atom. The largest absolute Gasteiger partial charge is 0.327 e. The highest BCUT2D eigenvalue weighted by atomic mass is 15.3. The third kappa shape index (κ3) is 4.45. The van der Waals surface area contributed by atoms with E-state index in [1.165, 1.54) is 5.69 Å². The summed E-state index contributed by atoms with van der Waals surface area (Å²) >= 11 is 0. The maximum absolute atomic E-state index is 6.16. The predicted octanol–water partition coefficient (Wildman–Crippen LogP) is 3.55. The van der Waals surface area contributed by atoms with E-state index in [-0.39, 0.29) is 11.5 Å². The number of nitrogens with two attached hydrogens (primary N) is 1. The monoisotopic (exact) mass is 251 g/mol. The van der Waals surface area contributed by atoms with Crippen molar-refractivity contribution in [2.45, 2.75) is 72.4 Å². The van der Waals surface area contributed by atoms with Crippen molar-refractivity contribution in [3.05, 3.63) is 18.0 Å². The molecule has 0 aromatic carbocycles. The van der Waals surface area contributed by atoms with Crippen molar-refractivity contribution in [3.8, 4) is 0 Å². The molecule has 0 aliphatic rings. The SMILES string of the molecule is CCC(C)n1ccc(CCCC(N)C(C)(C)C)n1. The van der Waals surface area contributed by atoms with Gasteiger partial charge in [0.2, 0.25) is 0 Å². The van der Waals surface area contributed by atoms with Crippen LogP contribution >= 0.6 is 0 Å². The van der Waals surface area contributed by atoms with E-state index in [4.69, 9.17) is 5.73 Å². The molecule has 2 atom stereocenters. The molecule has 0 amide bonds. The summed E-state index contributed by atoms with van der Waals surface area (Å²) in [7, 11) is 0. The number of nitrogens with zero attached hydrogens (tertiary/aromatic N) is 2. The summed E-state index contributed by atoms with van der Waals surface area (Å²) in [5, 5.41) is 4.62. The summed E-state index contributed by atoms with van der Waals surface area (Å²) in [5.41, 5.74) is 7.56. The van der Waals surface area contributed by atoms with Crippen molar-refractivity contribution in [1.82, 2.24) is 9.78 Å². The van der Waals surface area contributed by atoms with E-state index in [0.717, 1.165) is 25.7 Å². The van der Waals surface area contributed by atoms with Gasteiger partial charge in [-0.15, -0.1) is 0 Å². The lowest BCUT2D eigenvalue weighted by Crippen LogP contribution is -2.34. The molecule has 3 heteroatoms. The van der Waals surface area contributed by atoms with Crippen LogP contribution in [0.15, 0.2) is 12.3 Å². The topological polar surface area (TPSA) is 43.8 Å². The molecule has 1 heterocycles. The number of rotatable bonds is 6. The van der Waals surface area contributed by atoms with Gasteiger partial charge in [0.05, 0.1) is 5.69 Å². The van der Waals surface area contributed by atoms with E-state index >= 15 is 0 Å². The molecule has 2 N–H and O–H groups in total. The van der Waals surface area contributed by atoms with Gasteiger partial charge in [0.1, 0.15) is 0 Å². The van der Waals surface area contributed by atoms with E-state index in [1.54, 1.807) is 0 Å². The highest BCUT2D eigenvalue weighted by Crippen LogP contribution is 2.21. The van der Waals surface area contributed by atoms with E-state index in [0.29, 0.717) is 6.04 Å². The average molecular weight is 251 g/mol. The maximum Gasteiger partial charge on any atom is 0.0624 e. The average Bonchev–Trinajstić information content (AvgIpc) is 2.75. The van der Waals surface area contributed by atoms with Crippen molar-refractivity contribution >= 4 is 0 Å². The number of aryl methyl sites for hydroxylation is 1. The van der Waals surface area contributed by atoms with E-state index in [9.17, 15) is 0 Å². The van der Waals surface area contributed by atoms with Crippen LogP contribution in [0.5, 0.6) is 0 Å². The Hall–Kier alpha value is -0.830. The molecule has 0 saturated carbocycles. The van der Waals surface area contributed by atoms with Crippen molar-refractivity contribution in [2.24, 2.45) is 11.1 Å². The standard InChI is InChI=1S/C15H29N3/c1-6-12(2)18-11-10-13(17-18)8-7-9-14(16)15(3,4)5/h10-12,14H,6-9,16H2,1-5H3. The fourth-order valence-corrected chi connectivity index (χ4v) is 1.88. The van der Waals surface area contributed by atoms with Gasteiger partial charge in [-0.2, -0.15) is 5.10 Å². The van der Waals surface area contributed by atoms with Crippen LogP contribution in [0.4, 0.5) is 0 Å². The first-order valence-electron chi connectivity index (χ1n) is 7.14. The molecule has 104 valence electrons. The van der Waals surface area contributed by atoms with Crippen LogP contribution in [0, 0.1) is 5.41 Å². The second-order valence-electron chi connectivity index (χ2n) is 6.41. The molecule has 0 radical (unpaired) electrons. The summed E-state index contributed by atoms with van der Waals surface area (Å²) in [6.07, 6.45) is 6.44. The zero-order valence-corrected chi connectivity index (χ0v) is 12.6. The molecular weight excluding hydrogens is 222 g/mol. The van der Waals surface area contributed by atoms with Crippen LogP contribution in [-0.4, -0.2) is 15.8 Å². The molecule has 0 bridgehead atoms. The van der Waals surface area contributed by atoms with E-state index in [1.807, 2.05) is 0 Å². The first kappa shape index (κ1) is 15.2. The molecular formula is C15H29N3. The highest BCUT2D eigenvalue weighted by molar-refractivity contribution is 5.00. The Bertz CT molecular complexity index is 349. The van der Waals surface area contributed by atoms with Gasteiger partial charge < -0.3 is 5.73 Å². The van der Waals surface area contributed by atoms with Crippen molar-refractivity contribution in [1.29, 1.82) is 0 Å². The molecule has 18 heavy (non-hydrogen) atoms. The number of aromatic nitrogens is 2. The fraction of sp³-hybridized carbons (Fsp3) is 0.800. The Morgan fingerprint density at radius 1 is 1.39 bits per heavy atom. The summed E-state index contributed by atoms with van der Waals surface area (Å²) in [5.74, 6) is 0. The quantitative estimate of drug-likeness (QED) is 0.840. The Kier molecular flexibility index (Phi) is 5.39. The summed E-state index contributed by atoms with van der Waals surface area (Å²) in [4.78, 5) is 0. The molecule has 0 saturated heterocycles. The molecule has 0 fully saturated rings. The molecule has 1 rings (SSSR count). The first-order valence-corrected chi connectivity index (χ1v) is 7.14. The van der Waals surface area contributed by atoms with Crippen LogP contribution in [-0.2, 0) is 6.42 Å². The van der Waals surface area contributed by atoms with Gasteiger partial charge >= 0.3 is 0 Å². The third-order valence-corrected chi connectivity index (χ3v) is 3.77. The smallest absolute Gasteiger partial charge is 0.0624 e. The molecule has 2 unspecified atom stereocenters. The van der Waals surface area contributed by atoms with Crippen LogP contribution in [0.25, 0.3) is 0 Å². The van der Waals surface area contributed by atoms with E-state index in [2.05, 4.69) is 56.7 Å². The van der Waals surface area contributed by atoms with Crippen LogP contribution < -0.4 is 5.73 Å². The third-order valence-electron chi connectivity index (χ3n) is 3.77. The first-order chi connectivity index (χ1) is 8.34. The summed E-state index contributed by atoms with van der Waals surface area (Å²) in [6.45, 7) is 11.0. The van der Waals surface area contributed by atoms with Crippen molar-refractivity contribution in [2.75, 3.05) is 0 Å². The minimum atomic E-state index is 0.204. The van der Waals surface area contributed by atoms with Gasteiger partial charge in [-0.1, -0.05) is 27.7 Å². The molecule has 1 aromatic rings. The van der Waals surface area contributed by atoms with Crippen LogP contribution in [0.2, 0.25) is 0 Å². The molecule has 0 aliphatic carbocycles. The molecule has 0 aliphatic heterocycles. The number of hydrogen-bond donors (Lipinski definition) is 1. The van der Waals surface area contributed by atoms with Crippen LogP contribution in [0.1, 0.15) is 65.6 Å². The lowest BCUT2D eigenvalue weighted by atomic mass is 9.84. The van der Waals surface area contributed by atoms with Crippen molar-refractivity contribution < 1.29 is 0 Å². The highest BCUT2D eigenvalue weighted by Gasteiger charge is 2.19. The van der Waals surface area contributed by atoms with Crippen LogP contribution in [0.3, 0.4) is 0 Å². The fourth-order valence-electron chi connectivity index (χ4n) is 1.88. The Labute approximate surface area is 112 Å². The van der Waals surface area contributed by atoms with Gasteiger partial charge in [0, 0.05) is 18.3 Å². The molecule has 0 spiro atoms. The molecule has 1 aromatic heterocycles. The lowest BCUT2D eigenvalue weighted by Gasteiger charge is -2.26. The zero-order valence-electron chi connectivity index (χ0n) is 12.6. The normalized spacial score (nSPS) is 15.7.